The van der Waals surface area contributed by atoms with Crippen LogP contribution in [0.4, 0.5) is 0 Å². The van der Waals surface area contributed by atoms with Crippen molar-refractivity contribution in [3.05, 3.63) is 24.6 Å². The van der Waals surface area contributed by atoms with Gasteiger partial charge in [-0.05, 0) is 0 Å². The molecule has 0 spiro atoms. The van der Waals surface area contributed by atoms with E-state index >= 15 is 0 Å². The summed E-state index contributed by atoms with van der Waals surface area (Å²) in [5.74, 6) is 0. The molecule has 0 atom stereocenters. The van der Waals surface area contributed by atoms with Gasteiger partial charge in [-0.15, -0.1) is 6.58 Å². The van der Waals surface area contributed by atoms with E-state index < -0.39 is 0 Å². The molecule has 0 radical (unpaired) electrons. The Labute approximate surface area is 43.5 Å². The minimum Gasteiger partial charge on any atom is -0.403 e. The second kappa shape index (κ2) is 3.28. The minimum absolute atomic E-state index is 0.662. The molecule has 0 bridgehead atoms. The zero-order valence-electron chi connectivity index (χ0n) is 4.22. The molecule has 4 N–H and O–H groups in total. The quantitative estimate of drug-likeness (QED) is 0.489. The second-order valence-corrected chi connectivity index (χ2v) is 1.23. The molecule has 0 heterocycles. The van der Waals surface area contributed by atoms with Crippen LogP contribution in [0.15, 0.2) is 24.6 Å². The molecular weight excluding hydrogens is 88.1 g/mol. The summed E-state index contributed by atoms with van der Waals surface area (Å²) >= 11 is 0. The fraction of sp³-hybridized carbons (Fsp3) is 0.200. The summed E-state index contributed by atoms with van der Waals surface area (Å²) in [7, 11) is 0. The van der Waals surface area contributed by atoms with Gasteiger partial charge in [-0.3, -0.25) is 0 Å². The summed E-state index contributed by atoms with van der Waals surface area (Å²) in [6, 6.07) is 0. The predicted molar refractivity (Wildman–Crippen MR) is 31.3 cm³/mol. The van der Waals surface area contributed by atoms with Gasteiger partial charge >= 0.3 is 0 Å². The molecule has 40 valence electrons. The van der Waals surface area contributed by atoms with Crippen molar-refractivity contribution >= 4 is 0 Å². The second-order valence-electron chi connectivity index (χ2n) is 1.23. The maximum Gasteiger partial charge on any atom is 0.0276 e. The summed E-state index contributed by atoms with van der Waals surface area (Å²) in [4.78, 5) is 0. The average Bonchev–Trinajstić information content (AvgIpc) is 1.68. The molecule has 0 amide bonds. The van der Waals surface area contributed by atoms with E-state index in [4.69, 9.17) is 11.5 Å². The monoisotopic (exact) mass is 98.1 g/mol. The van der Waals surface area contributed by atoms with Crippen molar-refractivity contribution in [2.24, 2.45) is 11.5 Å². The van der Waals surface area contributed by atoms with E-state index in [0.29, 0.717) is 12.1 Å². The van der Waals surface area contributed by atoms with Gasteiger partial charge in [0.15, 0.2) is 0 Å². The van der Waals surface area contributed by atoms with Crippen LogP contribution in [0.2, 0.25) is 0 Å². The van der Waals surface area contributed by atoms with Crippen molar-refractivity contribution in [3.8, 4) is 0 Å². The van der Waals surface area contributed by atoms with Gasteiger partial charge in [-0.25, -0.2) is 0 Å². The third-order valence-electron chi connectivity index (χ3n) is 0.594. The van der Waals surface area contributed by atoms with Crippen molar-refractivity contribution in [2.75, 3.05) is 0 Å². The SMILES string of the molecule is C=CC/C(N)=C\N. The topological polar surface area (TPSA) is 52.0 Å². The summed E-state index contributed by atoms with van der Waals surface area (Å²) in [5, 5.41) is 0. The third kappa shape index (κ3) is 2.89. The van der Waals surface area contributed by atoms with Crippen LogP contribution in [-0.4, -0.2) is 0 Å². The maximum absolute atomic E-state index is 5.25. The first-order valence-corrected chi connectivity index (χ1v) is 2.08. The Morgan fingerprint density at radius 2 is 2.29 bits per heavy atom. The number of nitrogens with two attached hydrogens (primary N) is 2. The average molecular weight is 98.1 g/mol. The van der Waals surface area contributed by atoms with Gasteiger partial charge in [0.2, 0.25) is 0 Å². The molecule has 0 saturated heterocycles. The molecule has 2 heteroatoms. The van der Waals surface area contributed by atoms with Crippen LogP contribution in [0, 0.1) is 0 Å². The number of rotatable bonds is 2. The standard InChI is InChI=1S/C5H10N2/c1-2-3-5(7)4-6/h2,4H,1,3,6-7H2/b5-4+. The zero-order valence-corrected chi connectivity index (χ0v) is 4.22. The first kappa shape index (κ1) is 6.08. The van der Waals surface area contributed by atoms with E-state index in [1.54, 1.807) is 6.08 Å². The first-order valence-electron chi connectivity index (χ1n) is 2.08. The highest BCUT2D eigenvalue weighted by Crippen LogP contribution is 1.86. The van der Waals surface area contributed by atoms with Gasteiger partial charge in [-0.2, -0.15) is 0 Å². The maximum atomic E-state index is 5.25. The van der Waals surface area contributed by atoms with Crippen LogP contribution in [-0.2, 0) is 0 Å². The van der Waals surface area contributed by atoms with Crippen LogP contribution in [0.25, 0.3) is 0 Å². The molecule has 0 saturated carbocycles. The lowest BCUT2D eigenvalue weighted by atomic mass is 10.3. The van der Waals surface area contributed by atoms with Crippen molar-refractivity contribution in [1.29, 1.82) is 0 Å². The van der Waals surface area contributed by atoms with Gasteiger partial charge in [0.1, 0.15) is 0 Å². The molecule has 0 rings (SSSR count). The fourth-order valence-electron chi connectivity index (χ4n) is 0.235. The van der Waals surface area contributed by atoms with Crippen LogP contribution >= 0.6 is 0 Å². The summed E-state index contributed by atoms with van der Waals surface area (Å²) in [5.41, 5.74) is 10.9. The minimum atomic E-state index is 0.662. The predicted octanol–water partition coefficient (Wildman–Crippen LogP) is 0.321. The van der Waals surface area contributed by atoms with Crippen LogP contribution < -0.4 is 11.5 Å². The molecule has 0 aromatic heterocycles. The van der Waals surface area contributed by atoms with Gasteiger partial charge in [0.05, 0.1) is 0 Å². The molecule has 0 aliphatic carbocycles. The Morgan fingerprint density at radius 3 is 2.43 bits per heavy atom. The molecule has 7 heavy (non-hydrogen) atoms. The third-order valence-corrected chi connectivity index (χ3v) is 0.594. The highest BCUT2D eigenvalue weighted by atomic mass is 14.6. The van der Waals surface area contributed by atoms with Crippen molar-refractivity contribution < 1.29 is 0 Å². The molecule has 0 aliphatic rings. The van der Waals surface area contributed by atoms with Crippen molar-refractivity contribution in [3.63, 3.8) is 0 Å². The Hall–Kier alpha value is -0.920. The molecule has 0 aromatic rings. The van der Waals surface area contributed by atoms with Gasteiger partial charge in [0, 0.05) is 18.3 Å². The lowest BCUT2D eigenvalue weighted by Gasteiger charge is -1.88. The number of hydrogen-bond donors (Lipinski definition) is 2. The highest BCUT2D eigenvalue weighted by Gasteiger charge is 1.77. The van der Waals surface area contributed by atoms with Gasteiger partial charge in [-0.1, -0.05) is 6.08 Å². The van der Waals surface area contributed by atoms with E-state index in [-0.39, 0.29) is 0 Å². The van der Waals surface area contributed by atoms with Gasteiger partial charge < -0.3 is 11.5 Å². The summed E-state index contributed by atoms with van der Waals surface area (Å²) in [6.45, 7) is 3.47. The zero-order chi connectivity index (χ0) is 5.70. The molecule has 0 aromatic carbocycles. The summed E-state index contributed by atoms with van der Waals surface area (Å²) < 4.78 is 0. The van der Waals surface area contributed by atoms with Crippen LogP contribution in [0.5, 0.6) is 0 Å². The van der Waals surface area contributed by atoms with E-state index in [9.17, 15) is 0 Å². The number of hydrogen-bond acceptors (Lipinski definition) is 2. The normalized spacial score (nSPS) is 11.1. The highest BCUT2D eigenvalue weighted by molar-refractivity contribution is 4.98. The van der Waals surface area contributed by atoms with E-state index in [1.165, 1.54) is 6.20 Å². The van der Waals surface area contributed by atoms with Crippen LogP contribution in [0.1, 0.15) is 6.42 Å². The molecule has 0 fully saturated rings. The first-order chi connectivity index (χ1) is 3.31. The van der Waals surface area contributed by atoms with E-state index in [1.807, 2.05) is 0 Å². The lowest BCUT2D eigenvalue weighted by Crippen LogP contribution is -1.98. The fourth-order valence-corrected chi connectivity index (χ4v) is 0.235. The Kier molecular flexibility index (Phi) is 2.85. The largest absolute Gasteiger partial charge is 0.403 e. The van der Waals surface area contributed by atoms with Crippen LogP contribution in [0.3, 0.4) is 0 Å². The number of allylic oxidation sites excluding steroid dienone is 1. The Bertz CT molecular complexity index is 84.1. The molecule has 0 unspecified atom stereocenters. The lowest BCUT2D eigenvalue weighted by molar-refractivity contribution is 1.15. The molecule has 2 nitrogen and oxygen atoms in total. The molecule has 0 aliphatic heterocycles. The molecular formula is C5H10N2. The van der Waals surface area contributed by atoms with Gasteiger partial charge in [0.25, 0.3) is 0 Å². The van der Waals surface area contributed by atoms with E-state index in [0.717, 1.165) is 0 Å². The summed E-state index contributed by atoms with van der Waals surface area (Å²) in [6.07, 6.45) is 3.76. The Balaban J connectivity index is 3.36. The smallest absolute Gasteiger partial charge is 0.0276 e. The van der Waals surface area contributed by atoms with Crippen molar-refractivity contribution in [1.82, 2.24) is 0 Å². The van der Waals surface area contributed by atoms with E-state index in [2.05, 4.69) is 6.58 Å². The van der Waals surface area contributed by atoms with Crippen molar-refractivity contribution in [2.45, 2.75) is 6.42 Å². The Morgan fingerprint density at radius 1 is 1.71 bits per heavy atom.